The number of aliphatic hydroxyl groups is 1. The lowest BCUT2D eigenvalue weighted by atomic mass is 10.0. The van der Waals surface area contributed by atoms with Crippen molar-refractivity contribution in [1.82, 2.24) is 14.5 Å². The van der Waals surface area contributed by atoms with Crippen LogP contribution in [0, 0.1) is 0 Å². The molecule has 0 bridgehead atoms. The maximum Gasteiger partial charge on any atom is 0.330 e. The van der Waals surface area contributed by atoms with Crippen molar-refractivity contribution in [2.45, 2.75) is 43.9 Å². The molecule has 1 fully saturated rings. The Morgan fingerprint density at radius 2 is 1.64 bits per heavy atom. The summed E-state index contributed by atoms with van der Waals surface area (Å²) in [5.41, 5.74) is 2.77. The van der Waals surface area contributed by atoms with Crippen LogP contribution < -0.4 is 11.0 Å². The fourth-order valence-electron chi connectivity index (χ4n) is 4.49. The van der Waals surface area contributed by atoms with E-state index in [4.69, 9.17) is 0 Å². The Bertz CT molecular complexity index is 961. The summed E-state index contributed by atoms with van der Waals surface area (Å²) in [5.74, 6) is 0. The molecule has 4 rings (SSSR count). The Balaban J connectivity index is 0.00000225. The number of rotatable bonds is 6. The average molecular weight is 402 g/mol. The van der Waals surface area contributed by atoms with Crippen molar-refractivity contribution >= 4 is 23.4 Å². The fourth-order valence-corrected chi connectivity index (χ4v) is 4.49. The Morgan fingerprint density at radius 3 is 2.29 bits per heavy atom. The third-order valence-corrected chi connectivity index (χ3v) is 5.70. The number of imidazole rings is 1. The van der Waals surface area contributed by atoms with Gasteiger partial charge in [-0.2, -0.15) is 0 Å². The van der Waals surface area contributed by atoms with Gasteiger partial charge in [0.05, 0.1) is 23.2 Å². The first-order valence-corrected chi connectivity index (χ1v) is 9.81. The topological polar surface area (TPSA) is 59.2 Å². The summed E-state index contributed by atoms with van der Waals surface area (Å²) in [5, 5.41) is 14.0. The molecule has 1 saturated carbocycles. The number of hydrogen-bond acceptors (Lipinski definition) is 3. The lowest BCUT2D eigenvalue weighted by molar-refractivity contribution is 0.130. The summed E-state index contributed by atoms with van der Waals surface area (Å²) in [7, 11) is 1.82. The van der Waals surface area contributed by atoms with Crippen LogP contribution >= 0.6 is 12.4 Å². The van der Waals surface area contributed by atoms with E-state index < -0.39 is 12.1 Å². The summed E-state index contributed by atoms with van der Waals surface area (Å²) in [6.45, 7) is 0.412. The lowest BCUT2D eigenvalue weighted by Crippen LogP contribution is -2.39. The SMILES string of the molecule is CNC[C@@H](O)[C@H](c1ccccc1)n1c(=O)n(C2CCCC2)c2ccccc21.Cl. The number of nitrogens with zero attached hydrogens (tertiary/aromatic N) is 2. The van der Waals surface area contributed by atoms with Crippen LogP contribution in [0.15, 0.2) is 59.4 Å². The van der Waals surface area contributed by atoms with Gasteiger partial charge in [-0.1, -0.05) is 55.3 Å². The summed E-state index contributed by atoms with van der Waals surface area (Å²) in [4.78, 5) is 13.6. The van der Waals surface area contributed by atoms with E-state index in [0.717, 1.165) is 29.4 Å². The first kappa shape index (κ1) is 20.6. The molecule has 1 aliphatic carbocycles. The van der Waals surface area contributed by atoms with Gasteiger partial charge in [-0.25, -0.2) is 4.79 Å². The molecule has 3 aromatic rings. The minimum atomic E-state index is -0.710. The zero-order valence-corrected chi connectivity index (χ0v) is 16.9. The monoisotopic (exact) mass is 401 g/mol. The molecule has 2 atom stereocenters. The molecule has 0 amide bonds. The second-order valence-electron chi connectivity index (χ2n) is 7.43. The zero-order chi connectivity index (χ0) is 18.8. The standard InChI is InChI=1S/C22H27N3O2.ClH/c1-23-15-20(26)21(16-9-3-2-4-10-16)25-19-14-8-7-13-18(19)24(22(25)27)17-11-5-6-12-17;/h2-4,7-10,13-14,17,20-21,23,26H,5-6,11-12,15H2,1H3;1H/t20-,21+;/m1./s1. The number of para-hydroxylation sites is 2. The van der Waals surface area contributed by atoms with Gasteiger partial charge in [0, 0.05) is 12.6 Å². The fraction of sp³-hybridized carbons (Fsp3) is 0.409. The van der Waals surface area contributed by atoms with Gasteiger partial charge in [-0.15, -0.1) is 12.4 Å². The largest absolute Gasteiger partial charge is 0.389 e. The van der Waals surface area contributed by atoms with Gasteiger partial charge in [0.15, 0.2) is 0 Å². The van der Waals surface area contributed by atoms with Crippen LogP contribution in [0.3, 0.4) is 0 Å². The van der Waals surface area contributed by atoms with Crippen molar-refractivity contribution in [3.63, 3.8) is 0 Å². The number of benzene rings is 2. The van der Waals surface area contributed by atoms with Crippen LogP contribution in [0.5, 0.6) is 0 Å². The highest BCUT2D eigenvalue weighted by molar-refractivity contribution is 5.85. The number of hydrogen-bond donors (Lipinski definition) is 2. The van der Waals surface area contributed by atoms with E-state index in [1.54, 1.807) is 4.57 Å². The van der Waals surface area contributed by atoms with E-state index >= 15 is 0 Å². The van der Waals surface area contributed by atoms with Crippen LogP contribution in [0.4, 0.5) is 0 Å². The zero-order valence-electron chi connectivity index (χ0n) is 16.1. The van der Waals surface area contributed by atoms with Crippen LogP contribution in [0.25, 0.3) is 11.0 Å². The minimum Gasteiger partial charge on any atom is -0.389 e. The maximum atomic E-state index is 13.6. The molecule has 0 saturated heterocycles. The number of fused-ring (bicyclic) bond motifs is 1. The molecular weight excluding hydrogens is 374 g/mol. The van der Waals surface area contributed by atoms with E-state index in [0.29, 0.717) is 6.54 Å². The Labute approximate surface area is 171 Å². The van der Waals surface area contributed by atoms with Gasteiger partial charge in [0.1, 0.15) is 0 Å². The minimum absolute atomic E-state index is 0. The molecule has 1 heterocycles. The van der Waals surface area contributed by atoms with Crippen LogP contribution in [-0.4, -0.2) is 33.9 Å². The van der Waals surface area contributed by atoms with Gasteiger partial charge in [0.2, 0.25) is 0 Å². The third-order valence-electron chi connectivity index (χ3n) is 5.70. The summed E-state index contributed by atoms with van der Waals surface area (Å²) >= 11 is 0. The molecule has 2 N–H and O–H groups in total. The molecule has 1 aromatic heterocycles. The predicted molar refractivity (Wildman–Crippen MR) is 115 cm³/mol. The molecule has 150 valence electrons. The average Bonchev–Trinajstić information content (AvgIpc) is 3.30. The van der Waals surface area contributed by atoms with E-state index in [1.165, 1.54) is 12.8 Å². The highest BCUT2D eigenvalue weighted by Crippen LogP contribution is 2.33. The summed E-state index contributed by atoms with van der Waals surface area (Å²) < 4.78 is 3.76. The van der Waals surface area contributed by atoms with Gasteiger partial charge in [-0.3, -0.25) is 9.13 Å². The number of likely N-dealkylation sites (N-methyl/N-ethyl adjacent to an activating group) is 1. The summed E-state index contributed by atoms with van der Waals surface area (Å²) in [6.07, 6.45) is 3.71. The van der Waals surface area contributed by atoms with E-state index in [1.807, 2.05) is 66.2 Å². The number of nitrogens with one attached hydrogen (secondary N) is 1. The first-order valence-electron chi connectivity index (χ1n) is 9.81. The van der Waals surface area contributed by atoms with Gasteiger partial charge in [-0.05, 0) is 37.6 Å². The van der Waals surface area contributed by atoms with Crippen molar-refractivity contribution in [3.8, 4) is 0 Å². The Hall–Kier alpha value is -2.08. The van der Waals surface area contributed by atoms with Gasteiger partial charge < -0.3 is 10.4 Å². The van der Waals surface area contributed by atoms with Crippen molar-refractivity contribution in [3.05, 3.63) is 70.6 Å². The van der Waals surface area contributed by atoms with Crippen molar-refractivity contribution < 1.29 is 5.11 Å². The van der Waals surface area contributed by atoms with E-state index in [-0.39, 0.29) is 24.1 Å². The molecular formula is C22H28ClN3O2. The molecule has 0 radical (unpaired) electrons. The number of aromatic nitrogens is 2. The smallest absolute Gasteiger partial charge is 0.330 e. The molecule has 28 heavy (non-hydrogen) atoms. The first-order chi connectivity index (χ1) is 13.2. The Morgan fingerprint density at radius 1 is 1.04 bits per heavy atom. The van der Waals surface area contributed by atoms with Gasteiger partial charge in [0.25, 0.3) is 0 Å². The molecule has 0 unspecified atom stereocenters. The van der Waals surface area contributed by atoms with Crippen LogP contribution in [-0.2, 0) is 0 Å². The van der Waals surface area contributed by atoms with Crippen LogP contribution in [0.1, 0.15) is 43.3 Å². The van der Waals surface area contributed by atoms with Crippen molar-refractivity contribution in [2.75, 3.05) is 13.6 Å². The second-order valence-corrected chi connectivity index (χ2v) is 7.43. The molecule has 2 aromatic carbocycles. The van der Waals surface area contributed by atoms with Gasteiger partial charge >= 0.3 is 5.69 Å². The molecule has 6 heteroatoms. The Kier molecular flexibility index (Phi) is 6.60. The van der Waals surface area contributed by atoms with E-state index in [2.05, 4.69) is 5.32 Å². The molecule has 0 aliphatic heterocycles. The highest BCUT2D eigenvalue weighted by atomic mass is 35.5. The van der Waals surface area contributed by atoms with Crippen molar-refractivity contribution in [2.24, 2.45) is 0 Å². The number of aliphatic hydroxyl groups excluding tert-OH is 1. The predicted octanol–water partition coefficient (Wildman–Crippen LogP) is 3.51. The maximum absolute atomic E-state index is 13.6. The highest BCUT2D eigenvalue weighted by Gasteiger charge is 2.30. The summed E-state index contributed by atoms with van der Waals surface area (Å²) in [6, 6.07) is 17.6. The molecule has 0 spiro atoms. The molecule has 5 nitrogen and oxygen atoms in total. The number of halogens is 1. The van der Waals surface area contributed by atoms with E-state index in [9.17, 15) is 9.90 Å². The van der Waals surface area contributed by atoms with Crippen molar-refractivity contribution in [1.29, 1.82) is 0 Å². The quantitative estimate of drug-likeness (QED) is 0.664. The lowest BCUT2D eigenvalue weighted by Gasteiger charge is -2.25. The third kappa shape index (κ3) is 3.62. The second kappa shape index (κ2) is 8.95. The normalized spacial score (nSPS) is 16.8. The van der Waals surface area contributed by atoms with Crippen LogP contribution in [0.2, 0.25) is 0 Å². The molecule has 1 aliphatic rings.